The molecule has 2 aromatic carbocycles. The van der Waals surface area contributed by atoms with Gasteiger partial charge in [-0.1, -0.05) is 65.3 Å². The van der Waals surface area contributed by atoms with Crippen LogP contribution in [0.1, 0.15) is 41.2 Å². The number of aromatic amines is 1. The molecule has 1 atom stereocenters. The molecular formula is C19H19BrN2. The van der Waals surface area contributed by atoms with E-state index in [1.807, 2.05) is 6.07 Å². The standard InChI is InChI=1S/C19H19BrN2/c1-13(16-6-4-3-5-7-16)19-21-14(2)18(22-19)12-15-8-10-17(20)11-9-15/h3-11,13H,12H2,1-2H3,(H,21,22). The molecule has 3 rings (SSSR count). The lowest BCUT2D eigenvalue weighted by Crippen LogP contribution is -1.98. The molecule has 0 saturated carbocycles. The number of benzene rings is 2. The van der Waals surface area contributed by atoms with Crippen LogP contribution in [0.25, 0.3) is 0 Å². The van der Waals surface area contributed by atoms with E-state index in [1.54, 1.807) is 0 Å². The summed E-state index contributed by atoms with van der Waals surface area (Å²) in [6, 6.07) is 18.9. The number of hydrogen-bond acceptors (Lipinski definition) is 1. The molecule has 1 N–H and O–H groups in total. The van der Waals surface area contributed by atoms with Gasteiger partial charge in [0.15, 0.2) is 0 Å². The average molecular weight is 355 g/mol. The number of aryl methyl sites for hydroxylation is 1. The summed E-state index contributed by atoms with van der Waals surface area (Å²) in [5.74, 6) is 1.31. The van der Waals surface area contributed by atoms with Gasteiger partial charge in [0.2, 0.25) is 0 Å². The first-order chi connectivity index (χ1) is 10.6. The monoisotopic (exact) mass is 354 g/mol. The SMILES string of the molecule is Cc1[nH]c(C(C)c2ccccc2)nc1Cc1ccc(Br)cc1. The quantitative estimate of drug-likeness (QED) is 0.683. The van der Waals surface area contributed by atoms with Gasteiger partial charge in [-0.2, -0.15) is 0 Å². The maximum Gasteiger partial charge on any atom is 0.113 e. The van der Waals surface area contributed by atoms with E-state index in [-0.39, 0.29) is 5.92 Å². The van der Waals surface area contributed by atoms with Gasteiger partial charge in [-0.05, 0) is 30.2 Å². The van der Waals surface area contributed by atoms with Crippen molar-refractivity contribution in [1.82, 2.24) is 9.97 Å². The second kappa shape index (κ2) is 6.49. The van der Waals surface area contributed by atoms with Crippen molar-refractivity contribution in [1.29, 1.82) is 0 Å². The third kappa shape index (κ3) is 3.30. The van der Waals surface area contributed by atoms with Crippen LogP contribution < -0.4 is 0 Å². The van der Waals surface area contributed by atoms with Crippen LogP contribution in [0.2, 0.25) is 0 Å². The first kappa shape index (κ1) is 15.0. The molecule has 1 heterocycles. The molecule has 0 aliphatic carbocycles. The van der Waals surface area contributed by atoms with Crippen LogP contribution in [-0.4, -0.2) is 9.97 Å². The van der Waals surface area contributed by atoms with Crippen molar-refractivity contribution in [2.75, 3.05) is 0 Å². The lowest BCUT2D eigenvalue weighted by molar-refractivity contribution is 0.832. The molecule has 2 nitrogen and oxygen atoms in total. The number of nitrogens with zero attached hydrogens (tertiary/aromatic N) is 1. The second-order valence-corrected chi connectivity index (χ2v) is 6.55. The Labute approximate surface area is 139 Å². The lowest BCUT2D eigenvalue weighted by atomic mass is 10.0. The van der Waals surface area contributed by atoms with E-state index in [0.717, 1.165) is 28.1 Å². The van der Waals surface area contributed by atoms with E-state index in [4.69, 9.17) is 4.98 Å². The van der Waals surface area contributed by atoms with E-state index >= 15 is 0 Å². The van der Waals surface area contributed by atoms with E-state index in [9.17, 15) is 0 Å². The van der Waals surface area contributed by atoms with Crippen LogP contribution in [0, 0.1) is 6.92 Å². The first-order valence-electron chi connectivity index (χ1n) is 7.48. The van der Waals surface area contributed by atoms with Gasteiger partial charge >= 0.3 is 0 Å². The average Bonchev–Trinajstić information content (AvgIpc) is 2.91. The molecule has 3 heteroatoms. The number of hydrogen-bond donors (Lipinski definition) is 1. The summed E-state index contributed by atoms with van der Waals surface area (Å²) in [5.41, 5.74) is 4.84. The van der Waals surface area contributed by atoms with E-state index < -0.39 is 0 Å². The van der Waals surface area contributed by atoms with E-state index in [1.165, 1.54) is 11.1 Å². The number of aromatic nitrogens is 2. The Morgan fingerprint density at radius 1 is 1.05 bits per heavy atom. The molecule has 0 aliphatic heterocycles. The van der Waals surface area contributed by atoms with Gasteiger partial charge in [0, 0.05) is 22.5 Å². The minimum atomic E-state index is 0.276. The number of imidazole rings is 1. The van der Waals surface area contributed by atoms with Crippen molar-refractivity contribution < 1.29 is 0 Å². The third-order valence-electron chi connectivity index (χ3n) is 4.00. The number of H-pyrrole nitrogens is 1. The Morgan fingerprint density at radius 2 is 1.73 bits per heavy atom. The van der Waals surface area contributed by atoms with Gasteiger partial charge in [0.25, 0.3) is 0 Å². The molecule has 112 valence electrons. The van der Waals surface area contributed by atoms with Gasteiger partial charge in [-0.3, -0.25) is 0 Å². The highest BCUT2D eigenvalue weighted by Gasteiger charge is 2.14. The fourth-order valence-electron chi connectivity index (χ4n) is 2.59. The number of nitrogens with one attached hydrogen (secondary N) is 1. The Bertz CT molecular complexity index is 745. The molecule has 0 spiro atoms. The van der Waals surface area contributed by atoms with Gasteiger partial charge < -0.3 is 4.98 Å². The van der Waals surface area contributed by atoms with Crippen molar-refractivity contribution >= 4 is 15.9 Å². The Hall–Kier alpha value is -1.87. The van der Waals surface area contributed by atoms with Gasteiger partial charge in [-0.15, -0.1) is 0 Å². The van der Waals surface area contributed by atoms with Crippen LogP contribution in [0.15, 0.2) is 59.1 Å². The predicted molar refractivity (Wildman–Crippen MR) is 94.2 cm³/mol. The van der Waals surface area contributed by atoms with Crippen LogP contribution in [-0.2, 0) is 6.42 Å². The summed E-state index contributed by atoms with van der Waals surface area (Å²) < 4.78 is 1.10. The van der Waals surface area contributed by atoms with Crippen molar-refractivity contribution in [3.63, 3.8) is 0 Å². The minimum absolute atomic E-state index is 0.276. The summed E-state index contributed by atoms with van der Waals surface area (Å²) in [4.78, 5) is 8.29. The normalized spacial score (nSPS) is 12.3. The van der Waals surface area contributed by atoms with Gasteiger partial charge in [-0.25, -0.2) is 4.98 Å². The van der Waals surface area contributed by atoms with E-state index in [2.05, 4.69) is 83.3 Å². The van der Waals surface area contributed by atoms with Crippen molar-refractivity contribution in [3.8, 4) is 0 Å². The van der Waals surface area contributed by atoms with Crippen molar-refractivity contribution in [2.45, 2.75) is 26.2 Å². The van der Waals surface area contributed by atoms with Crippen LogP contribution in [0.3, 0.4) is 0 Å². The molecule has 1 unspecified atom stereocenters. The first-order valence-corrected chi connectivity index (χ1v) is 8.27. The highest BCUT2D eigenvalue weighted by molar-refractivity contribution is 9.10. The van der Waals surface area contributed by atoms with Gasteiger partial charge in [0.1, 0.15) is 5.82 Å². The molecule has 22 heavy (non-hydrogen) atoms. The van der Waals surface area contributed by atoms with Crippen molar-refractivity contribution in [3.05, 3.63) is 87.4 Å². The molecule has 0 radical (unpaired) electrons. The number of rotatable bonds is 4. The van der Waals surface area contributed by atoms with Crippen LogP contribution >= 0.6 is 15.9 Å². The molecule has 3 aromatic rings. The fourth-order valence-corrected chi connectivity index (χ4v) is 2.86. The lowest BCUT2D eigenvalue weighted by Gasteiger charge is -2.08. The third-order valence-corrected chi connectivity index (χ3v) is 4.53. The fraction of sp³-hybridized carbons (Fsp3) is 0.211. The topological polar surface area (TPSA) is 28.7 Å². The predicted octanol–water partition coefficient (Wildman–Crippen LogP) is 5.22. The molecular weight excluding hydrogens is 336 g/mol. The highest BCUT2D eigenvalue weighted by Crippen LogP contribution is 2.23. The molecule has 0 fully saturated rings. The molecule has 0 saturated heterocycles. The van der Waals surface area contributed by atoms with Crippen molar-refractivity contribution in [2.24, 2.45) is 0 Å². The Balaban J connectivity index is 1.83. The summed E-state index contributed by atoms with van der Waals surface area (Å²) in [6.45, 7) is 4.29. The molecule has 0 amide bonds. The van der Waals surface area contributed by atoms with Crippen LogP contribution in [0.5, 0.6) is 0 Å². The molecule has 1 aromatic heterocycles. The summed E-state index contributed by atoms with van der Waals surface area (Å²) in [7, 11) is 0. The zero-order chi connectivity index (χ0) is 15.5. The van der Waals surface area contributed by atoms with Gasteiger partial charge in [0.05, 0.1) is 5.69 Å². The summed E-state index contributed by atoms with van der Waals surface area (Å²) in [6.07, 6.45) is 0.858. The molecule has 0 aliphatic rings. The number of halogens is 1. The maximum atomic E-state index is 4.84. The zero-order valence-corrected chi connectivity index (χ0v) is 14.4. The minimum Gasteiger partial charge on any atom is -0.345 e. The van der Waals surface area contributed by atoms with E-state index in [0.29, 0.717) is 0 Å². The Morgan fingerprint density at radius 3 is 2.41 bits per heavy atom. The maximum absolute atomic E-state index is 4.84. The largest absolute Gasteiger partial charge is 0.345 e. The molecule has 0 bridgehead atoms. The Kier molecular flexibility index (Phi) is 4.44. The summed E-state index contributed by atoms with van der Waals surface area (Å²) >= 11 is 3.47. The smallest absolute Gasteiger partial charge is 0.113 e. The van der Waals surface area contributed by atoms with Crippen LogP contribution in [0.4, 0.5) is 0 Å². The summed E-state index contributed by atoms with van der Waals surface area (Å²) in [5, 5.41) is 0. The second-order valence-electron chi connectivity index (χ2n) is 5.63. The zero-order valence-electron chi connectivity index (χ0n) is 12.8. The highest BCUT2D eigenvalue weighted by atomic mass is 79.9.